The van der Waals surface area contributed by atoms with E-state index in [4.69, 9.17) is 10.5 Å². The van der Waals surface area contributed by atoms with Crippen LogP contribution in [-0.4, -0.2) is 6.10 Å². The van der Waals surface area contributed by atoms with Gasteiger partial charge in [-0.2, -0.15) is 0 Å². The van der Waals surface area contributed by atoms with Gasteiger partial charge in [-0.25, -0.2) is 0 Å². The van der Waals surface area contributed by atoms with Gasteiger partial charge in [0.1, 0.15) is 11.9 Å². The topological polar surface area (TPSA) is 35.2 Å². The smallest absolute Gasteiger partial charge is 0.125 e. The lowest BCUT2D eigenvalue weighted by atomic mass is 9.84. The highest BCUT2D eigenvalue weighted by atomic mass is 79.9. The highest BCUT2D eigenvalue weighted by molar-refractivity contribution is 9.10. The summed E-state index contributed by atoms with van der Waals surface area (Å²) >= 11 is 3.54. The van der Waals surface area contributed by atoms with Gasteiger partial charge in [0.25, 0.3) is 0 Å². The molecule has 1 aliphatic carbocycles. The van der Waals surface area contributed by atoms with Gasteiger partial charge in [0.05, 0.1) is 0 Å². The van der Waals surface area contributed by atoms with Gasteiger partial charge in [-0.3, -0.25) is 0 Å². The molecule has 2 rings (SSSR count). The van der Waals surface area contributed by atoms with Crippen molar-refractivity contribution < 1.29 is 4.74 Å². The minimum atomic E-state index is 0.364. The summed E-state index contributed by atoms with van der Waals surface area (Å²) in [6.45, 7) is 2.78. The Kier molecular flexibility index (Phi) is 5.07. The van der Waals surface area contributed by atoms with Crippen LogP contribution in [0.2, 0.25) is 0 Å². The zero-order valence-electron chi connectivity index (χ0n) is 11.0. The van der Waals surface area contributed by atoms with Crippen LogP contribution in [0, 0.1) is 5.92 Å². The third kappa shape index (κ3) is 3.07. The van der Waals surface area contributed by atoms with Crippen LogP contribution in [0.15, 0.2) is 22.7 Å². The summed E-state index contributed by atoms with van der Waals surface area (Å²) in [5.41, 5.74) is 6.90. The van der Waals surface area contributed by atoms with Crippen molar-refractivity contribution in [3.63, 3.8) is 0 Å². The summed E-state index contributed by atoms with van der Waals surface area (Å²) in [7, 11) is 0. The van der Waals surface area contributed by atoms with E-state index in [-0.39, 0.29) is 0 Å². The maximum Gasteiger partial charge on any atom is 0.125 e. The van der Waals surface area contributed by atoms with E-state index in [2.05, 4.69) is 22.9 Å². The summed E-state index contributed by atoms with van der Waals surface area (Å²) in [5, 5.41) is 0. The minimum absolute atomic E-state index is 0.364. The second kappa shape index (κ2) is 6.58. The van der Waals surface area contributed by atoms with Crippen molar-refractivity contribution in [2.45, 2.75) is 51.7 Å². The second-order valence-corrected chi connectivity index (χ2v) is 5.88. The monoisotopic (exact) mass is 311 g/mol. The van der Waals surface area contributed by atoms with E-state index in [1.165, 1.54) is 32.1 Å². The molecule has 0 bridgehead atoms. The molecule has 1 aliphatic rings. The van der Waals surface area contributed by atoms with Gasteiger partial charge in [0.2, 0.25) is 0 Å². The molecule has 0 aliphatic heterocycles. The number of hydrogen-bond donors (Lipinski definition) is 1. The molecule has 0 amide bonds. The van der Waals surface area contributed by atoms with Gasteiger partial charge >= 0.3 is 0 Å². The zero-order chi connectivity index (χ0) is 13.0. The van der Waals surface area contributed by atoms with Gasteiger partial charge < -0.3 is 10.5 Å². The molecule has 3 heteroatoms. The van der Waals surface area contributed by atoms with Gasteiger partial charge in [0, 0.05) is 16.6 Å². The maximum atomic E-state index is 6.25. The predicted molar refractivity (Wildman–Crippen MR) is 78.7 cm³/mol. The molecule has 1 saturated carbocycles. The van der Waals surface area contributed by atoms with Crippen molar-refractivity contribution in [3.8, 4) is 5.75 Å². The van der Waals surface area contributed by atoms with Crippen LogP contribution in [0.3, 0.4) is 0 Å². The fraction of sp³-hybridized carbons (Fsp3) is 0.600. The highest BCUT2D eigenvalue weighted by Crippen LogP contribution is 2.33. The second-order valence-electron chi connectivity index (χ2n) is 5.03. The number of nitrogens with two attached hydrogens (primary N) is 1. The van der Waals surface area contributed by atoms with E-state index >= 15 is 0 Å². The van der Waals surface area contributed by atoms with Crippen LogP contribution in [0.4, 0.5) is 0 Å². The van der Waals surface area contributed by atoms with E-state index < -0.39 is 0 Å². The van der Waals surface area contributed by atoms with Gasteiger partial charge in [-0.1, -0.05) is 35.3 Å². The fourth-order valence-corrected chi connectivity index (χ4v) is 3.32. The molecule has 0 saturated heterocycles. The molecule has 1 fully saturated rings. The number of ether oxygens (including phenoxy) is 1. The van der Waals surface area contributed by atoms with E-state index in [9.17, 15) is 0 Å². The molecule has 0 aromatic heterocycles. The van der Waals surface area contributed by atoms with Crippen molar-refractivity contribution in [2.24, 2.45) is 11.7 Å². The Morgan fingerprint density at radius 3 is 2.83 bits per heavy atom. The Hall–Kier alpha value is -0.540. The molecule has 18 heavy (non-hydrogen) atoms. The molecule has 1 aromatic rings. The number of rotatable bonds is 4. The van der Waals surface area contributed by atoms with Gasteiger partial charge in [-0.05, 0) is 43.7 Å². The van der Waals surface area contributed by atoms with Crippen LogP contribution in [0.5, 0.6) is 5.75 Å². The first-order valence-electron chi connectivity index (χ1n) is 6.90. The molecule has 0 spiro atoms. The van der Waals surface area contributed by atoms with Crippen LogP contribution in [0.25, 0.3) is 0 Å². The molecule has 100 valence electrons. The number of benzene rings is 1. The Morgan fingerprint density at radius 1 is 1.33 bits per heavy atom. The summed E-state index contributed by atoms with van der Waals surface area (Å²) in [6, 6.07) is 6.07. The first-order valence-corrected chi connectivity index (χ1v) is 7.69. The van der Waals surface area contributed by atoms with Crippen LogP contribution >= 0.6 is 15.9 Å². The molecule has 0 heterocycles. The van der Waals surface area contributed by atoms with E-state index in [1.807, 2.05) is 18.2 Å². The quantitative estimate of drug-likeness (QED) is 0.902. The molecule has 1 aromatic carbocycles. The third-order valence-corrected chi connectivity index (χ3v) is 4.67. The van der Waals surface area contributed by atoms with E-state index in [0.29, 0.717) is 18.6 Å². The standard InChI is InChI=1S/C15H22BrNO/c1-2-11-6-3-4-8-14(11)18-15-9-5-7-13(16)12(15)10-17/h5,7,9,11,14H,2-4,6,8,10,17H2,1H3. The SMILES string of the molecule is CCC1CCCCC1Oc1cccc(Br)c1CN. The number of halogens is 1. The molecule has 0 radical (unpaired) electrons. The van der Waals surface area contributed by atoms with Crippen LogP contribution in [-0.2, 0) is 6.54 Å². The van der Waals surface area contributed by atoms with Gasteiger partial charge in [0.15, 0.2) is 0 Å². The lowest BCUT2D eigenvalue weighted by Gasteiger charge is -2.32. The minimum Gasteiger partial charge on any atom is -0.490 e. The average Bonchev–Trinajstić information content (AvgIpc) is 2.40. The average molecular weight is 312 g/mol. The fourth-order valence-electron chi connectivity index (χ4n) is 2.81. The van der Waals surface area contributed by atoms with E-state index in [0.717, 1.165) is 15.8 Å². The summed E-state index contributed by atoms with van der Waals surface area (Å²) in [4.78, 5) is 0. The Labute approximate surface area is 118 Å². The van der Waals surface area contributed by atoms with Crippen molar-refractivity contribution in [1.82, 2.24) is 0 Å². The Bertz CT molecular complexity index is 394. The molecule has 2 N–H and O–H groups in total. The lowest BCUT2D eigenvalue weighted by molar-refractivity contribution is 0.0893. The van der Waals surface area contributed by atoms with Crippen LogP contribution in [0.1, 0.15) is 44.6 Å². The van der Waals surface area contributed by atoms with Crippen molar-refractivity contribution in [1.29, 1.82) is 0 Å². The maximum absolute atomic E-state index is 6.25. The summed E-state index contributed by atoms with van der Waals surface area (Å²) < 4.78 is 7.30. The summed E-state index contributed by atoms with van der Waals surface area (Å²) in [5.74, 6) is 1.65. The Balaban J connectivity index is 2.15. The molecule has 2 unspecified atom stereocenters. The first kappa shape index (κ1) is 13.9. The number of hydrogen-bond acceptors (Lipinski definition) is 2. The predicted octanol–water partition coefficient (Wildman–Crippen LogP) is 4.26. The van der Waals surface area contributed by atoms with Crippen molar-refractivity contribution in [2.75, 3.05) is 0 Å². The third-order valence-electron chi connectivity index (χ3n) is 3.92. The molecule has 2 nitrogen and oxygen atoms in total. The van der Waals surface area contributed by atoms with Crippen molar-refractivity contribution in [3.05, 3.63) is 28.2 Å². The van der Waals surface area contributed by atoms with Gasteiger partial charge in [-0.15, -0.1) is 0 Å². The van der Waals surface area contributed by atoms with E-state index in [1.54, 1.807) is 0 Å². The largest absolute Gasteiger partial charge is 0.490 e. The van der Waals surface area contributed by atoms with Crippen molar-refractivity contribution >= 4 is 15.9 Å². The zero-order valence-corrected chi connectivity index (χ0v) is 12.6. The first-order chi connectivity index (χ1) is 8.76. The summed E-state index contributed by atoms with van der Waals surface area (Å²) in [6.07, 6.45) is 6.68. The molecule has 2 atom stereocenters. The highest BCUT2D eigenvalue weighted by Gasteiger charge is 2.25. The lowest BCUT2D eigenvalue weighted by Crippen LogP contribution is -2.30. The molecular formula is C15H22BrNO. The Morgan fingerprint density at radius 2 is 2.11 bits per heavy atom. The van der Waals surface area contributed by atoms with Crippen LogP contribution < -0.4 is 10.5 Å². The molecular weight excluding hydrogens is 290 g/mol. The normalized spacial score (nSPS) is 23.9.